The van der Waals surface area contributed by atoms with Crippen LogP contribution in [0, 0.1) is 0 Å². The van der Waals surface area contributed by atoms with E-state index in [9.17, 15) is 13.2 Å². The summed E-state index contributed by atoms with van der Waals surface area (Å²) in [6, 6.07) is 1.000. The minimum Gasteiger partial charge on any atom is -0.452 e. The van der Waals surface area contributed by atoms with Crippen molar-refractivity contribution in [3.05, 3.63) is 26.8 Å². The van der Waals surface area contributed by atoms with E-state index in [0.29, 0.717) is 10.6 Å². The first-order valence-electron chi connectivity index (χ1n) is 5.47. The molecule has 0 fully saturated rings. The fourth-order valence-electron chi connectivity index (χ4n) is 1.91. The number of thiophene rings is 1. The molecule has 0 aromatic carbocycles. The van der Waals surface area contributed by atoms with Gasteiger partial charge in [-0.3, -0.25) is 0 Å². The van der Waals surface area contributed by atoms with E-state index in [1.165, 1.54) is 13.0 Å². The maximum absolute atomic E-state index is 12.8. The van der Waals surface area contributed by atoms with Crippen molar-refractivity contribution >= 4 is 23.0 Å². The monoisotopic (exact) mass is 305 g/mol. The van der Waals surface area contributed by atoms with Gasteiger partial charge in [-0.05, 0) is 18.5 Å². The van der Waals surface area contributed by atoms with Gasteiger partial charge in [-0.2, -0.15) is 13.2 Å². The summed E-state index contributed by atoms with van der Waals surface area (Å²) < 4.78 is 43.0. The molecule has 6 nitrogen and oxygen atoms in total. The molecule has 108 valence electrons. The zero-order valence-corrected chi connectivity index (χ0v) is 11.1. The number of nitrogens with zero attached hydrogens (tertiary/aromatic N) is 4. The molecule has 0 radical (unpaired) electrons. The number of ether oxygens (including phenoxy) is 1. The van der Waals surface area contributed by atoms with Crippen LogP contribution in [-0.4, -0.2) is 18.3 Å². The third-order valence-corrected chi connectivity index (χ3v) is 4.02. The van der Waals surface area contributed by atoms with Crippen LogP contribution < -0.4 is 5.73 Å². The highest BCUT2D eigenvalue weighted by atomic mass is 32.1. The van der Waals surface area contributed by atoms with Gasteiger partial charge in [0, 0.05) is 27.3 Å². The molecule has 20 heavy (non-hydrogen) atoms. The molecular weight excluding hydrogens is 295 g/mol. The molecule has 0 unspecified atom stereocenters. The Morgan fingerprint density at radius 3 is 2.95 bits per heavy atom. The van der Waals surface area contributed by atoms with Crippen molar-refractivity contribution in [2.75, 3.05) is 0 Å². The highest BCUT2D eigenvalue weighted by molar-refractivity contribution is 7.10. The number of alkyl halides is 3. The zero-order chi connectivity index (χ0) is 15.0. The van der Waals surface area contributed by atoms with Gasteiger partial charge in [-0.25, -0.2) is 4.99 Å². The molecule has 0 saturated carbocycles. The number of amidine groups is 1. The van der Waals surface area contributed by atoms with E-state index in [-0.39, 0.29) is 6.42 Å². The van der Waals surface area contributed by atoms with Gasteiger partial charge in [0.05, 0.1) is 0 Å². The van der Waals surface area contributed by atoms with Crippen molar-refractivity contribution in [1.29, 1.82) is 0 Å². The van der Waals surface area contributed by atoms with E-state index in [0.717, 1.165) is 11.3 Å². The largest absolute Gasteiger partial charge is 0.452 e. The second-order valence-corrected chi connectivity index (χ2v) is 5.35. The van der Waals surface area contributed by atoms with Crippen LogP contribution in [0.3, 0.4) is 0 Å². The van der Waals surface area contributed by atoms with Gasteiger partial charge >= 0.3 is 6.18 Å². The summed E-state index contributed by atoms with van der Waals surface area (Å²) in [6.45, 7) is 1.53. The molecule has 0 spiro atoms. The maximum Gasteiger partial charge on any atom is 0.425 e. The summed E-state index contributed by atoms with van der Waals surface area (Å²) in [7, 11) is 0. The zero-order valence-electron chi connectivity index (χ0n) is 10.3. The molecule has 0 bridgehead atoms. The summed E-state index contributed by atoms with van der Waals surface area (Å²) >= 11 is 1.16. The molecular formula is C10H10F3N5OS. The van der Waals surface area contributed by atoms with Crippen LogP contribution in [0.25, 0.3) is 10.4 Å². The van der Waals surface area contributed by atoms with Gasteiger partial charge in [-0.15, -0.1) is 11.3 Å². The minimum atomic E-state index is -4.52. The molecule has 0 amide bonds. The Balaban J connectivity index is 2.36. The normalized spacial score (nSPS) is 26.4. The highest BCUT2D eigenvalue weighted by Gasteiger charge is 2.49. The van der Waals surface area contributed by atoms with Crippen LogP contribution in [-0.2, 0) is 10.3 Å². The van der Waals surface area contributed by atoms with Gasteiger partial charge in [0.25, 0.3) is 6.02 Å². The molecule has 0 aliphatic carbocycles. The third kappa shape index (κ3) is 2.81. The van der Waals surface area contributed by atoms with Crippen LogP contribution in [0.15, 0.2) is 21.6 Å². The Bertz CT molecular complexity index is 592. The molecule has 1 aromatic rings. The Labute approximate surface area is 115 Å². The molecule has 1 aromatic heterocycles. The van der Waals surface area contributed by atoms with Crippen LogP contribution in [0.1, 0.15) is 18.2 Å². The van der Waals surface area contributed by atoms with E-state index in [1.807, 2.05) is 0 Å². The quantitative estimate of drug-likeness (QED) is 0.513. The molecule has 1 aliphatic heterocycles. The molecule has 10 heteroatoms. The van der Waals surface area contributed by atoms with Crippen molar-refractivity contribution < 1.29 is 17.9 Å². The first-order chi connectivity index (χ1) is 9.24. The summed E-state index contributed by atoms with van der Waals surface area (Å²) in [5, 5.41) is 4.94. The lowest BCUT2D eigenvalue weighted by atomic mass is 9.92. The minimum absolute atomic E-state index is 0.331. The van der Waals surface area contributed by atoms with Crippen LogP contribution in [0.4, 0.5) is 18.9 Å². The lowest BCUT2D eigenvalue weighted by Gasteiger charge is -2.34. The van der Waals surface area contributed by atoms with E-state index >= 15 is 0 Å². The topological polar surface area (TPSA) is 96.4 Å². The predicted octanol–water partition coefficient (Wildman–Crippen LogP) is 3.57. The summed E-state index contributed by atoms with van der Waals surface area (Å²) in [4.78, 5) is 7.12. The van der Waals surface area contributed by atoms with Crippen molar-refractivity contribution in [2.45, 2.75) is 31.2 Å². The van der Waals surface area contributed by atoms with E-state index in [2.05, 4.69) is 19.8 Å². The van der Waals surface area contributed by atoms with Crippen molar-refractivity contribution in [3.63, 3.8) is 0 Å². The molecule has 2 atom stereocenters. The number of rotatable bonds is 2. The fraction of sp³-hybridized carbons (Fsp3) is 0.500. The lowest BCUT2D eigenvalue weighted by Crippen LogP contribution is -2.45. The number of nitrogens with two attached hydrogens (primary N) is 1. The molecule has 2 rings (SSSR count). The maximum atomic E-state index is 12.8. The second kappa shape index (κ2) is 4.88. The summed E-state index contributed by atoms with van der Waals surface area (Å²) in [5.74, 6) is 0. The summed E-state index contributed by atoms with van der Waals surface area (Å²) in [5.41, 5.74) is 12.9. The highest BCUT2D eigenvalue weighted by Crippen LogP contribution is 2.42. The summed E-state index contributed by atoms with van der Waals surface area (Å²) in [6.07, 6.45) is -6.91. The average Bonchev–Trinajstić information content (AvgIpc) is 2.76. The Morgan fingerprint density at radius 1 is 1.65 bits per heavy atom. The van der Waals surface area contributed by atoms with Gasteiger partial charge < -0.3 is 10.5 Å². The lowest BCUT2D eigenvalue weighted by molar-refractivity contribution is -0.208. The van der Waals surface area contributed by atoms with Crippen LogP contribution in [0.2, 0.25) is 0 Å². The Kier molecular flexibility index (Phi) is 3.53. The number of hydrogen-bond acceptors (Lipinski definition) is 5. The van der Waals surface area contributed by atoms with Crippen molar-refractivity contribution in [3.8, 4) is 0 Å². The fourth-order valence-corrected chi connectivity index (χ4v) is 2.85. The van der Waals surface area contributed by atoms with E-state index in [4.69, 9.17) is 11.3 Å². The first-order valence-corrected chi connectivity index (χ1v) is 6.35. The van der Waals surface area contributed by atoms with E-state index < -0.39 is 23.8 Å². The van der Waals surface area contributed by atoms with Crippen LogP contribution >= 0.6 is 11.3 Å². The number of halogens is 3. The molecule has 1 aliphatic rings. The second-order valence-electron chi connectivity index (χ2n) is 4.43. The third-order valence-electron chi connectivity index (χ3n) is 2.84. The SMILES string of the molecule is C[C@@]1(c2cc(N=[N+]=[N-])cs2)C[C@@H](C(F)(F)F)OC(N)=N1. The number of aliphatic imine (C=N–C) groups is 1. The van der Waals surface area contributed by atoms with Crippen molar-refractivity contribution in [2.24, 2.45) is 15.8 Å². The predicted molar refractivity (Wildman–Crippen MR) is 67.6 cm³/mol. The number of azide groups is 1. The molecule has 2 N–H and O–H groups in total. The first kappa shape index (κ1) is 14.5. The van der Waals surface area contributed by atoms with Gasteiger partial charge in [-0.1, -0.05) is 5.11 Å². The van der Waals surface area contributed by atoms with Gasteiger partial charge in [0.2, 0.25) is 0 Å². The Hall–Kier alpha value is -1.93. The van der Waals surface area contributed by atoms with Crippen LogP contribution in [0.5, 0.6) is 0 Å². The molecule has 0 saturated heterocycles. The standard InChI is InChI=1S/C10H10F3N5OS/c1-9(7-2-5(4-20-7)17-18-15)3-6(10(11,12)13)19-8(14)16-9/h2,4,6H,3H2,1H3,(H2,14,16)/t6-,9-/m0/s1. The smallest absolute Gasteiger partial charge is 0.425 e. The van der Waals surface area contributed by atoms with Gasteiger partial charge in [0.15, 0.2) is 6.10 Å². The Morgan fingerprint density at radius 2 is 2.35 bits per heavy atom. The molecule has 2 heterocycles. The van der Waals surface area contributed by atoms with E-state index in [1.54, 1.807) is 5.38 Å². The number of hydrogen-bond donors (Lipinski definition) is 1. The van der Waals surface area contributed by atoms with Crippen molar-refractivity contribution in [1.82, 2.24) is 0 Å². The van der Waals surface area contributed by atoms with Gasteiger partial charge in [0.1, 0.15) is 5.54 Å². The average molecular weight is 305 g/mol.